The summed E-state index contributed by atoms with van der Waals surface area (Å²) in [6, 6.07) is 9.47. The zero-order valence-electron chi connectivity index (χ0n) is 7.44. The van der Waals surface area contributed by atoms with E-state index in [0.29, 0.717) is 11.3 Å². The second kappa shape index (κ2) is 3.27. The highest BCUT2D eigenvalue weighted by atomic mass is 14.8. The molecule has 0 radical (unpaired) electrons. The first-order chi connectivity index (χ1) is 6.81. The summed E-state index contributed by atoms with van der Waals surface area (Å²) < 4.78 is 0. The minimum Gasteiger partial charge on any atom is -0.252 e. The fourth-order valence-electron chi connectivity index (χ4n) is 1.16. The maximum atomic E-state index is 8.64. The van der Waals surface area contributed by atoms with Crippen molar-refractivity contribution >= 4 is 16.6 Å². The van der Waals surface area contributed by atoms with Gasteiger partial charge >= 0.3 is 0 Å². The van der Waals surface area contributed by atoms with Crippen molar-refractivity contribution < 1.29 is 0 Å². The second-order valence-corrected chi connectivity index (χ2v) is 2.83. The van der Waals surface area contributed by atoms with Crippen LogP contribution in [0, 0.1) is 11.3 Å². The zero-order valence-corrected chi connectivity index (χ0v) is 7.44. The van der Waals surface area contributed by atoms with Crippen LogP contribution >= 0.6 is 0 Å². The summed E-state index contributed by atoms with van der Waals surface area (Å²) in [6.45, 7) is 3.59. The molecule has 1 aromatic heterocycles. The average molecular weight is 181 g/mol. The largest absolute Gasteiger partial charge is 0.252 e. The maximum Gasteiger partial charge on any atom is 0.101 e. The van der Waals surface area contributed by atoms with E-state index in [1.54, 1.807) is 6.20 Å². The summed E-state index contributed by atoms with van der Waals surface area (Å²) in [7, 11) is 0. The van der Waals surface area contributed by atoms with Crippen molar-refractivity contribution in [1.29, 1.82) is 5.26 Å². The number of rotatable bonds is 1. The van der Waals surface area contributed by atoms with Crippen molar-refractivity contribution in [3.05, 3.63) is 42.7 Å². The molecule has 0 fully saturated rings. The van der Waals surface area contributed by atoms with Gasteiger partial charge < -0.3 is 0 Å². The lowest BCUT2D eigenvalue weighted by atomic mass is 10.2. The van der Waals surface area contributed by atoms with Crippen LogP contribution in [0.25, 0.3) is 16.6 Å². The normalized spacial score (nSPS) is 9.64. The van der Waals surface area contributed by atoms with E-state index in [4.69, 9.17) is 5.26 Å². The van der Waals surface area contributed by atoms with Gasteiger partial charge in [-0.3, -0.25) is 4.98 Å². The van der Waals surface area contributed by atoms with Gasteiger partial charge in [0.25, 0.3) is 0 Å². The Hall–Kier alpha value is -2.21. The van der Waals surface area contributed by atoms with Crippen LogP contribution in [0.2, 0.25) is 0 Å². The number of allylic oxidation sites excluding steroid dienone is 1. The third-order valence-corrected chi connectivity index (χ3v) is 1.89. The van der Waals surface area contributed by atoms with Gasteiger partial charge in [-0.1, -0.05) is 18.7 Å². The summed E-state index contributed by atoms with van der Waals surface area (Å²) in [5.74, 6) is 0. The van der Waals surface area contributed by atoms with Crippen LogP contribution in [-0.4, -0.2) is 9.97 Å². The molecule has 66 valence electrons. The van der Waals surface area contributed by atoms with E-state index in [0.717, 1.165) is 11.0 Å². The standard InChI is InChI=1S/C11H7N3/c1-8(6-12)11-7-13-9-4-2-3-5-10(9)14-11/h2-5,7H,1H2. The fraction of sp³-hybridized carbons (Fsp3) is 0. The number of para-hydroxylation sites is 2. The highest BCUT2D eigenvalue weighted by Gasteiger charge is 2.01. The van der Waals surface area contributed by atoms with Crippen molar-refractivity contribution in [2.24, 2.45) is 0 Å². The zero-order chi connectivity index (χ0) is 9.97. The molecule has 1 heterocycles. The Balaban J connectivity index is 2.64. The van der Waals surface area contributed by atoms with E-state index >= 15 is 0 Å². The fourth-order valence-corrected chi connectivity index (χ4v) is 1.16. The first-order valence-electron chi connectivity index (χ1n) is 4.12. The highest BCUT2D eigenvalue weighted by Crippen LogP contribution is 2.12. The summed E-state index contributed by atoms with van der Waals surface area (Å²) in [5, 5.41) is 8.64. The molecule has 0 aliphatic rings. The third-order valence-electron chi connectivity index (χ3n) is 1.89. The van der Waals surface area contributed by atoms with E-state index in [1.807, 2.05) is 30.3 Å². The Morgan fingerprint density at radius 2 is 2.00 bits per heavy atom. The van der Waals surface area contributed by atoms with Crippen LogP contribution in [0.3, 0.4) is 0 Å². The Kier molecular flexibility index (Phi) is 1.96. The van der Waals surface area contributed by atoms with Crippen LogP contribution in [0.15, 0.2) is 37.0 Å². The molecule has 0 saturated heterocycles. The Labute approximate surface area is 81.4 Å². The lowest BCUT2D eigenvalue weighted by molar-refractivity contribution is 1.25. The van der Waals surface area contributed by atoms with Crippen LogP contribution in [0.4, 0.5) is 0 Å². The third kappa shape index (κ3) is 1.34. The van der Waals surface area contributed by atoms with E-state index in [1.165, 1.54) is 0 Å². The molecule has 0 spiro atoms. The first-order valence-corrected chi connectivity index (χ1v) is 4.12. The van der Waals surface area contributed by atoms with Crippen molar-refractivity contribution in [3.8, 4) is 6.07 Å². The number of hydrogen-bond donors (Lipinski definition) is 0. The first kappa shape index (κ1) is 8.39. The van der Waals surface area contributed by atoms with E-state index in [2.05, 4.69) is 16.5 Å². The molecule has 3 nitrogen and oxygen atoms in total. The van der Waals surface area contributed by atoms with Crippen LogP contribution in [0.1, 0.15) is 5.69 Å². The number of hydrogen-bond acceptors (Lipinski definition) is 3. The van der Waals surface area contributed by atoms with E-state index in [-0.39, 0.29) is 0 Å². The SMILES string of the molecule is C=C(C#N)c1cnc2ccccc2n1. The van der Waals surface area contributed by atoms with E-state index < -0.39 is 0 Å². The predicted octanol–water partition coefficient (Wildman–Crippen LogP) is 2.17. The summed E-state index contributed by atoms with van der Waals surface area (Å²) in [5.41, 5.74) is 2.47. The minimum atomic E-state index is 0.336. The minimum absolute atomic E-state index is 0.336. The molecule has 3 heteroatoms. The van der Waals surface area contributed by atoms with Crippen molar-refractivity contribution in [2.45, 2.75) is 0 Å². The van der Waals surface area contributed by atoms with Gasteiger partial charge in [0, 0.05) is 0 Å². The van der Waals surface area contributed by atoms with Gasteiger partial charge in [-0.25, -0.2) is 4.98 Å². The monoisotopic (exact) mass is 181 g/mol. The average Bonchev–Trinajstić information content (AvgIpc) is 2.27. The van der Waals surface area contributed by atoms with Gasteiger partial charge in [-0.2, -0.15) is 5.26 Å². The predicted molar refractivity (Wildman–Crippen MR) is 54.2 cm³/mol. The summed E-state index contributed by atoms with van der Waals surface area (Å²) in [4.78, 5) is 8.44. The molecule has 0 N–H and O–H groups in total. The summed E-state index contributed by atoms with van der Waals surface area (Å²) >= 11 is 0. The number of fused-ring (bicyclic) bond motifs is 1. The summed E-state index contributed by atoms with van der Waals surface area (Å²) in [6.07, 6.45) is 1.56. The van der Waals surface area contributed by atoms with Gasteiger partial charge in [0.15, 0.2) is 0 Å². The molecule has 0 aliphatic heterocycles. The molecule has 0 aliphatic carbocycles. The van der Waals surface area contributed by atoms with Crippen LogP contribution < -0.4 is 0 Å². The highest BCUT2D eigenvalue weighted by molar-refractivity contribution is 5.79. The molecule has 0 amide bonds. The number of nitriles is 1. The Morgan fingerprint density at radius 3 is 2.71 bits per heavy atom. The second-order valence-electron chi connectivity index (χ2n) is 2.83. The molecule has 0 bridgehead atoms. The number of benzene rings is 1. The molecule has 0 atom stereocenters. The van der Waals surface area contributed by atoms with E-state index in [9.17, 15) is 0 Å². The van der Waals surface area contributed by atoms with Crippen molar-refractivity contribution in [1.82, 2.24) is 9.97 Å². The lowest BCUT2D eigenvalue weighted by Crippen LogP contribution is -1.89. The maximum absolute atomic E-state index is 8.64. The molecule has 14 heavy (non-hydrogen) atoms. The molecule has 2 aromatic rings. The lowest BCUT2D eigenvalue weighted by Gasteiger charge is -1.98. The van der Waals surface area contributed by atoms with Gasteiger partial charge in [0.1, 0.15) is 6.07 Å². The smallest absolute Gasteiger partial charge is 0.101 e. The molecular weight excluding hydrogens is 174 g/mol. The van der Waals surface area contributed by atoms with Crippen LogP contribution in [-0.2, 0) is 0 Å². The number of aromatic nitrogens is 2. The van der Waals surface area contributed by atoms with Gasteiger partial charge in [-0.15, -0.1) is 0 Å². The molecule has 1 aromatic carbocycles. The Bertz CT molecular complexity index is 537. The molecule has 2 rings (SSSR count). The quantitative estimate of drug-likeness (QED) is 0.633. The molecule has 0 saturated carbocycles. The number of nitrogens with zero attached hydrogens (tertiary/aromatic N) is 3. The van der Waals surface area contributed by atoms with Gasteiger partial charge in [0.05, 0.1) is 28.5 Å². The van der Waals surface area contributed by atoms with Crippen molar-refractivity contribution in [2.75, 3.05) is 0 Å². The molecular formula is C11H7N3. The van der Waals surface area contributed by atoms with Gasteiger partial charge in [-0.05, 0) is 12.1 Å². The van der Waals surface area contributed by atoms with Gasteiger partial charge in [0.2, 0.25) is 0 Å². The topological polar surface area (TPSA) is 49.6 Å². The molecule has 0 unspecified atom stereocenters. The van der Waals surface area contributed by atoms with Crippen LogP contribution in [0.5, 0.6) is 0 Å². The van der Waals surface area contributed by atoms with Crippen molar-refractivity contribution in [3.63, 3.8) is 0 Å². The Morgan fingerprint density at radius 1 is 1.29 bits per heavy atom.